The Kier molecular flexibility index (Phi) is 3.13. The Balaban J connectivity index is 2.09. The third-order valence-electron chi connectivity index (χ3n) is 3.76. The van der Waals surface area contributed by atoms with Crippen molar-refractivity contribution in [2.75, 3.05) is 5.32 Å². The van der Waals surface area contributed by atoms with Gasteiger partial charge in [0.1, 0.15) is 0 Å². The Bertz CT molecular complexity index is 355. The number of anilines is 1. The van der Waals surface area contributed by atoms with E-state index in [1.165, 1.54) is 12.8 Å². The summed E-state index contributed by atoms with van der Waals surface area (Å²) in [5.41, 5.74) is 2.07. The fourth-order valence-electron chi connectivity index (χ4n) is 2.52. The zero-order valence-corrected chi connectivity index (χ0v) is 10.6. The van der Waals surface area contributed by atoms with Crippen LogP contribution >= 0.6 is 0 Å². The Morgan fingerprint density at radius 3 is 2.25 bits per heavy atom. The first-order valence-corrected chi connectivity index (χ1v) is 6.15. The van der Waals surface area contributed by atoms with Crippen molar-refractivity contribution in [2.24, 2.45) is 11.8 Å². The van der Waals surface area contributed by atoms with Gasteiger partial charge in [0.15, 0.2) is 0 Å². The van der Waals surface area contributed by atoms with Gasteiger partial charge in [0.25, 0.3) is 0 Å². The van der Waals surface area contributed by atoms with E-state index >= 15 is 0 Å². The van der Waals surface area contributed by atoms with Gasteiger partial charge >= 0.3 is 0 Å². The molecule has 0 aromatic carbocycles. The molecule has 0 bridgehead atoms. The zero-order valence-electron chi connectivity index (χ0n) is 10.6. The van der Waals surface area contributed by atoms with Crippen molar-refractivity contribution in [1.82, 2.24) is 9.97 Å². The minimum atomic E-state index is 0.538. The predicted octanol–water partition coefficient (Wildman–Crippen LogP) is 2.94. The topological polar surface area (TPSA) is 37.8 Å². The van der Waals surface area contributed by atoms with E-state index < -0.39 is 0 Å². The molecule has 16 heavy (non-hydrogen) atoms. The minimum absolute atomic E-state index is 0.538. The fraction of sp³-hybridized carbons (Fsp3) is 0.692. The maximum atomic E-state index is 4.43. The van der Waals surface area contributed by atoms with E-state index in [1.807, 2.05) is 19.9 Å². The molecule has 2 rings (SSSR count). The monoisotopic (exact) mass is 219 g/mol. The van der Waals surface area contributed by atoms with E-state index in [4.69, 9.17) is 0 Å². The Morgan fingerprint density at radius 2 is 1.75 bits per heavy atom. The summed E-state index contributed by atoms with van der Waals surface area (Å²) in [5.74, 6) is 2.32. The molecule has 0 aliphatic heterocycles. The zero-order chi connectivity index (χ0) is 11.7. The number of nitrogens with zero attached hydrogens (tertiary/aromatic N) is 2. The van der Waals surface area contributed by atoms with Crippen molar-refractivity contribution in [3.05, 3.63) is 17.5 Å². The van der Waals surface area contributed by atoms with Gasteiger partial charge in [-0.2, -0.15) is 0 Å². The molecule has 88 valence electrons. The number of hydrogen-bond acceptors (Lipinski definition) is 3. The van der Waals surface area contributed by atoms with Crippen molar-refractivity contribution >= 4 is 5.95 Å². The lowest BCUT2D eigenvalue weighted by molar-refractivity contribution is 0.434. The average Bonchev–Trinajstić information content (AvgIpc) is 2.48. The highest BCUT2D eigenvalue weighted by atomic mass is 15.1. The van der Waals surface area contributed by atoms with Gasteiger partial charge in [-0.1, -0.05) is 13.8 Å². The van der Waals surface area contributed by atoms with Crippen LogP contribution in [-0.2, 0) is 0 Å². The van der Waals surface area contributed by atoms with Gasteiger partial charge in [0.2, 0.25) is 5.95 Å². The summed E-state index contributed by atoms with van der Waals surface area (Å²) in [6, 6.07) is 2.54. The van der Waals surface area contributed by atoms with Gasteiger partial charge < -0.3 is 5.32 Å². The molecule has 1 heterocycles. The lowest BCUT2D eigenvalue weighted by Crippen LogP contribution is -2.25. The molecule has 1 fully saturated rings. The van der Waals surface area contributed by atoms with Crippen molar-refractivity contribution in [3.63, 3.8) is 0 Å². The second kappa shape index (κ2) is 4.40. The third-order valence-corrected chi connectivity index (χ3v) is 3.76. The molecule has 0 saturated heterocycles. The summed E-state index contributed by atoms with van der Waals surface area (Å²) in [4.78, 5) is 8.87. The van der Waals surface area contributed by atoms with E-state index in [1.54, 1.807) is 0 Å². The molecule has 1 aliphatic rings. The second-order valence-corrected chi connectivity index (χ2v) is 5.14. The summed E-state index contributed by atoms with van der Waals surface area (Å²) >= 11 is 0. The largest absolute Gasteiger partial charge is 0.351 e. The normalized spacial score (nSPS) is 29.4. The first kappa shape index (κ1) is 11.4. The number of aryl methyl sites for hydroxylation is 2. The standard InChI is InChI=1S/C13H21N3/c1-8-5-6-12(11(8)4)16-13-14-9(2)7-10(3)15-13/h7-8,11-12H,5-6H2,1-4H3,(H,14,15,16). The Labute approximate surface area is 97.7 Å². The van der Waals surface area contributed by atoms with Crippen LogP contribution in [0.2, 0.25) is 0 Å². The third kappa shape index (κ3) is 2.34. The average molecular weight is 219 g/mol. The van der Waals surface area contributed by atoms with Crippen LogP contribution in [0.25, 0.3) is 0 Å². The van der Waals surface area contributed by atoms with Crippen LogP contribution in [0.5, 0.6) is 0 Å². The van der Waals surface area contributed by atoms with Gasteiger partial charge in [-0.3, -0.25) is 0 Å². The molecule has 3 nitrogen and oxygen atoms in total. The molecule has 3 unspecified atom stereocenters. The van der Waals surface area contributed by atoms with Crippen LogP contribution < -0.4 is 5.32 Å². The van der Waals surface area contributed by atoms with E-state index in [0.29, 0.717) is 12.0 Å². The fourth-order valence-corrected chi connectivity index (χ4v) is 2.52. The van der Waals surface area contributed by atoms with E-state index in [0.717, 1.165) is 23.3 Å². The molecule has 1 N–H and O–H groups in total. The Morgan fingerprint density at radius 1 is 1.12 bits per heavy atom. The van der Waals surface area contributed by atoms with Crippen molar-refractivity contribution in [3.8, 4) is 0 Å². The van der Waals surface area contributed by atoms with Crippen LogP contribution in [-0.4, -0.2) is 16.0 Å². The minimum Gasteiger partial charge on any atom is -0.351 e. The van der Waals surface area contributed by atoms with Crippen molar-refractivity contribution in [1.29, 1.82) is 0 Å². The molecule has 0 amide bonds. The second-order valence-electron chi connectivity index (χ2n) is 5.14. The summed E-state index contributed by atoms with van der Waals surface area (Å²) in [5, 5.41) is 3.48. The van der Waals surface area contributed by atoms with Gasteiger partial charge in [-0.05, 0) is 44.6 Å². The van der Waals surface area contributed by atoms with Crippen LogP contribution in [0.15, 0.2) is 6.07 Å². The molecule has 1 aliphatic carbocycles. The van der Waals surface area contributed by atoms with Gasteiger partial charge in [-0.25, -0.2) is 9.97 Å². The maximum Gasteiger partial charge on any atom is 0.223 e. The molecular formula is C13H21N3. The first-order valence-electron chi connectivity index (χ1n) is 6.15. The lowest BCUT2D eigenvalue weighted by Gasteiger charge is -2.19. The first-order chi connectivity index (χ1) is 7.56. The van der Waals surface area contributed by atoms with Crippen LogP contribution in [0.4, 0.5) is 5.95 Å². The number of hydrogen-bond donors (Lipinski definition) is 1. The summed E-state index contributed by atoms with van der Waals surface area (Å²) in [6.07, 6.45) is 2.54. The SMILES string of the molecule is Cc1cc(C)nc(NC2CCC(C)C2C)n1. The van der Waals surface area contributed by atoms with Gasteiger partial charge in [0, 0.05) is 17.4 Å². The summed E-state index contributed by atoms with van der Waals surface area (Å²) < 4.78 is 0. The maximum absolute atomic E-state index is 4.43. The van der Waals surface area contributed by atoms with Crippen LogP contribution in [0.1, 0.15) is 38.1 Å². The van der Waals surface area contributed by atoms with Crippen LogP contribution in [0, 0.1) is 25.7 Å². The molecule has 1 saturated carbocycles. The van der Waals surface area contributed by atoms with Gasteiger partial charge in [0.05, 0.1) is 0 Å². The predicted molar refractivity (Wildman–Crippen MR) is 66.5 cm³/mol. The van der Waals surface area contributed by atoms with Crippen LogP contribution in [0.3, 0.4) is 0 Å². The summed E-state index contributed by atoms with van der Waals surface area (Å²) in [7, 11) is 0. The molecular weight excluding hydrogens is 198 g/mol. The highest BCUT2D eigenvalue weighted by Crippen LogP contribution is 2.32. The van der Waals surface area contributed by atoms with E-state index in [-0.39, 0.29) is 0 Å². The highest BCUT2D eigenvalue weighted by molar-refractivity contribution is 5.29. The van der Waals surface area contributed by atoms with E-state index in [9.17, 15) is 0 Å². The Hall–Kier alpha value is -1.12. The molecule has 3 heteroatoms. The molecule has 1 aromatic rings. The summed E-state index contributed by atoms with van der Waals surface area (Å²) in [6.45, 7) is 8.67. The van der Waals surface area contributed by atoms with E-state index in [2.05, 4.69) is 29.1 Å². The number of aromatic nitrogens is 2. The number of nitrogens with one attached hydrogen (secondary N) is 1. The quantitative estimate of drug-likeness (QED) is 0.831. The molecule has 3 atom stereocenters. The lowest BCUT2D eigenvalue weighted by atomic mass is 9.98. The number of rotatable bonds is 2. The van der Waals surface area contributed by atoms with Gasteiger partial charge in [-0.15, -0.1) is 0 Å². The molecule has 0 radical (unpaired) electrons. The van der Waals surface area contributed by atoms with Crippen molar-refractivity contribution in [2.45, 2.75) is 46.6 Å². The molecule has 0 spiro atoms. The van der Waals surface area contributed by atoms with Crippen molar-refractivity contribution < 1.29 is 0 Å². The smallest absolute Gasteiger partial charge is 0.223 e. The molecule has 1 aromatic heterocycles. The highest BCUT2D eigenvalue weighted by Gasteiger charge is 2.29.